The largest absolute Gasteiger partial charge is 0.363 e. The summed E-state index contributed by atoms with van der Waals surface area (Å²) in [6.45, 7) is 1.74. The fraction of sp³-hybridized carbons (Fsp3) is 0.600. The van der Waals surface area contributed by atoms with Crippen LogP contribution >= 0.6 is 35.7 Å². The number of halogens is 1. The van der Waals surface area contributed by atoms with Gasteiger partial charge in [-0.1, -0.05) is 0 Å². The summed E-state index contributed by atoms with van der Waals surface area (Å²) in [4.78, 5) is 10.6. The van der Waals surface area contributed by atoms with E-state index in [2.05, 4.69) is 38.4 Å². The number of anilines is 1. The predicted octanol–water partition coefficient (Wildman–Crippen LogP) is 2.33. The number of aromatic nitrogens is 1. The lowest BCUT2D eigenvalue weighted by molar-refractivity contribution is 0.726. The maximum absolute atomic E-state index is 4.32. The molecule has 0 amide bonds. The number of nitrogens with zero attached hydrogens (tertiary/aromatic N) is 3. The first-order valence-electron chi connectivity index (χ1n) is 7.37. The van der Waals surface area contributed by atoms with E-state index in [9.17, 15) is 0 Å². The van der Waals surface area contributed by atoms with Crippen molar-refractivity contribution in [1.29, 1.82) is 0 Å². The second kappa shape index (κ2) is 10.1. The van der Waals surface area contributed by atoms with E-state index in [1.54, 1.807) is 0 Å². The smallest absolute Gasteiger partial charge is 0.191 e. The number of pyridine rings is 1. The van der Waals surface area contributed by atoms with Crippen molar-refractivity contribution in [2.24, 2.45) is 4.99 Å². The van der Waals surface area contributed by atoms with Gasteiger partial charge in [0, 0.05) is 45.7 Å². The van der Waals surface area contributed by atoms with Crippen LogP contribution in [-0.2, 0) is 6.54 Å². The Labute approximate surface area is 154 Å². The highest BCUT2D eigenvalue weighted by Crippen LogP contribution is 2.25. The molecule has 1 aliphatic rings. The molecule has 0 aromatic carbocycles. The van der Waals surface area contributed by atoms with E-state index < -0.39 is 0 Å². The molecule has 1 saturated heterocycles. The SMILES string of the molecule is CN=C(NCc1ccnc(N(C)C)c1)NCC1CCCS1.I. The Bertz CT molecular complexity index is 475. The van der Waals surface area contributed by atoms with Crippen LogP contribution in [0.5, 0.6) is 0 Å². The second-order valence-corrected chi connectivity index (χ2v) is 6.77. The molecule has 1 aromatic heterocycles. The molecule has 2 N–H and O–H groups in total. The highest BCUT2D eigenvalue weighted by Gasteiger charge is 2.15. The Hall–Kier alpha value is -0.700. The molecule has 124 valence electrons. The summed E-state index contributed by atoms with van der Waals surface area (Å²) in [6, 6.07) is 4.12. The van der Waals surface area contributed by atoms with Crippen LogP contribution in [0.1, 0.15) is 18.4 Å². The number of hydrogen-bond acceptors (Lipinski definition) is 4. The number of aliphatic imine (C=N–C) groups is 1. The summed E-state index contributed by atoms with van der Waals surface area (Å²) in [5.74, 6) is 3.13. The van der Waals surface area contributed by atoms with Crippen LogP contribution in [0.2, 0.25) is 0 Å². The number of thioether (sulfide) groups is 1. The van der Waals surface area contributed by atoms with Crippen molar-refractivity contribution in [3.63, 3.8) is 0 Å². The molecule has 1 fully saturated rings. The highest BCUT2D eigenvalue weighted by molar-refractivity contribution is 14.0. The van der Waals surface area contributed by atoms with Crippen molar-refractivity contribution in [1.82, 2.24) is 15.6 Å². The number of guanidine groups is 1. The van der Waals surface area contributed by atoms with Gasteiger partial charge in [0.25, 0.3) is 0 Å². The zero-order valence-electron chi connectivity index (χ0n) is 13.5. The zero-order valence-corrected chi connectivity index (χ0v) is 16.6. The minimum atomic E-state index is 0. The summed E-state index contributed by atoms with van der Waals surface area (Å²) in [5, 5.41) is 7.50. The molecule has 1 aromatic rings. The first kappa shape index (κ1) is 19.3. The van der Waals surface area contributed by atoms with Crippen LogP contribution in [0.4, 0.5) is 5.82 Å². The lowest BCUT2D eigenvalue weighted by atomic mass is 10.2. The third kappa shape index (κ3) is 6.20. The minimum absolute atomic E-state index is 0. The molecule has 0 saturated carbocycles. The van der Waals surface area contributed by atoms with Gasteiger partial charge in [-0.2, -0.15) is 11.8 Å². The number of hydrogen-bond donors (Lipinski definition) is 2. The fourth-order valence-electron chi connectivity index (χ4n) is 2.24. The van der Waals surface area contributed by atoms with Crippen LogP contribution in [0, 0.1) is 0 Å². The Balaban J connectivity index is 0.00000242. The van der Waals surface area contributed by atoms with Gasteiger partial charge in [-0.15, -0.1) is 24.0 Å². The van der Waals surface area contributed by atoms with E-state index >= 15 is 0 Å². The zero-order chi connectivity index (χ0) is 15.1. The van der Waals surface area contributed by atoms with Gasteiger partial charge in [0.15, 0.2) is 5.96 Å². The minimum Gasteiger partial charge on any atom is -0.363 e. The molecule has 1 aliphatic heterocycles. The molecule has 0 radical (unpaired) electrons. The van der Waals surface area contributed by atoms with E-state index in [-0.39, 0.29) is 24.0 Å². The van der Waals surface area contributed by atoms with Crippen molar-refractivity contribution < 1.29 is 0 Å². The van der Waals surface area contributed by atoms with Crippen molar-refractivity contribution in [2.75, 3.05) is 38.3 Å². The van der Waals surface area contributed by atoms with Crippen LogP contribution in [0.25, 0.3) is 0 Å². The molecule has 0 spiro atoms. The van der Waals surface area contributed by atoms with Crippen LogP contribution in [0.3, 0.4) is 0 Å². The quantitative estimate of drug-likeness (QED) is 0.423. The lowest BCUT2D eigenvalue weighted by Crippen LogP contribution is -2.39. The first-order chi connectivity index (χ1) is 10.2. The van der Waals surface area contributed by atoms with Gasteiger partial charge in [-0.3, -0.25) is 4.99 Å². The summed E-state index contributed by atoms with van der Waals surface area (Å²) < 4.78 is 0. The predicted molar refractivity (Wildman–Crippen MR) is 108 cm³/mol. The van der Waals surface area contributed by atoms with Crippen molar-refractivity contribution in [2.45, 2.75) is 24.6 Å². The monoisotopic (exact) mass is 435 g/mol. The summed E-state index contributed by atoms with van der Waals surface area (Å²) in [5.41, 5.74) is 1.20. The number of rotatable bonds is 5. The van der Waals surface area contributed by atoms with Gasteiger partial charge >= 0.3 is 0 Å². The molecule has 2 rings (SSSR count). The lowest BCUT2D eigenvalue weighted by Gasteiger charge is -2.16. The Morgan fingerprint density at radius 2 is 2.27 bits per heavy atom. The summed E-state index contributed by atoms with van der Waals surface area (Å²) in [6.07, 6.45) is 4.50. The third-order valence-corrected chi connectivity index (χ3v) is 4.87. The standard InChI is InChI=1S/C15H25N5S.HI/c1-16-15(19-11-13-5-4-8-21-13)18-10-12-6-7-17-14(9-12)20(2)3;/h6-7,9,13H,4-5,8,10-11H2,1-3H3,(H2,16,18,19);1H. The van der Waals surface area contributed by atoms with Crippen molar-refractivity contribution in [3.8, 4) is 0 Å². The molecule has 1 unspecified atom stereocenters. The van der Waals surface area contributed by atoms with E-state index in [1.165, 1.54) is 24.2 Å². The van der Waals surface area contributed by atoms with Gasteiger partial charge in [-0.05, 0) is 36.3 Å². The van der Waals surface area contributed by atoms with Crippen molar-refractivity contribution in [3.05, 3.63) is 23.9 Å². The van der Waals surface area contributed by atoms with E-state index in [0.29, 0.717) is 0 Å². The molecule has 5 nitrogen and oxygen atoms in total. The summed E-state index contributed by atoms with van der Waals surface area (Å²) in [7, 11) is 5.81. The molecule has 0 aliphatic carbocycles. The Morgan fingerprint density at radius 1 is 1.45 bits per heavy atom. The maximum atomic E-state index is 4.32. The van der Waals surface area contributed by atoms with Crippen LogP contribution in [0.15, 0.2) is 23.3 Å². The normalized spacial score (nSPS) is 17.8. The fourth-order valence-corrected chi connectivity index (χ4v) is 3.44. The highest BCUT2D eigenvalue weighted by atomic mass is 127. The van der Waals surface area contributed by atoms with Gasteiger partial charge in [0.2, 0.25) is 0 Å². The molecular formula is C15H26IN5S. The van der Waals surface area contributed by atoms with Gasteiger partial charge in [0.05, 0.1) is 0 Å². The van der Waals surface area contributed by atoms with Crippen LogP contribution < -0.4 is 15.5 Å². The van der Waals surface area contributed by atoms with Crippen LogP contribution in [-0.4, -0.2) is 49.6 Å². The van der Waals surface area contributed by atoms with E-state index in [1.807, 2.05) is 38.3 Å². The molecular weight excluding hydrogens is 409 g/mol. The average molecular weight is 435 g/mol. The summed E-state index contributed by atoms with van der Waals surface area (Å²) >= 11 is 2.06. The van der Waals surface area contributed by atoms with E-state index in [4.69, 9.17) is 0 Å². The number of nitrogens with one attached hydrogen (secondary N) is 2. The Kier molecular flexibility index (Phi) is 8.92. The van der Waals surface area contributed by atoms with Gasteiger partial charge in [-0.25, -0.2) is 4.98 Å². The Morgan fingerprint density at radius 3 is 2.91 bits per heavy atom. The second-order valence-electron chi connectivity index (χ2n) is 5.36. The van der Waals surface area contributed by atoms with E-state index in [0.717, 1.165) is 30.1 Å². The third-order valence-electron chi connectivity index (χ3n) is 3.47. The first-order valence-corrected chi connectivity index (χ1v) is 8.42. The van der Waals surface area contributed by atoms with Crippen molar-refractivity contribution >= 4 is 47.5 Å². The van der Waals surface area contributed by atoms with Gasteiger partial charge in [0.1, 0.15) is 5.82 Å². The topological polar surface area (TPSA) is 52.6 Å². The molecule has 2 heterocycles. The molecule has 1 atom stereocenters. The maximum Gasteiger partial charge on any atom is 0.191 e. The van der Waals surface area contributed by atoms with Gasteiger partial charge < -0.3 is 15.5 Å². The molecule has 7 heteroatoms. The average Bonchev–Trinajstić information content (AvgIpc) is 3.01. The molecule has 0 bridgehead atoms. The molecule has 22 heavy (non-hydrogen) atoms.